The van der Waals surface area contributed by atoms with E-state index in [2.05, 4.69) is 0 Å². The van der Waals surface area contributed by atoms with Crippen LogP contribution in [0.4, 0.5) is 18.0 Å². The molecule has 2 unspecified atom stereocenters. The van der Waals surface area contributed by atoms with Crippen molar-refractivity contribution in [2.24, 2.45) is 5.92 Å². The maximum atomic E-state index is 13.0. The fourth-order valence-electron chi connectivity index (χ4n) is 3.90. The first-order valence-electron chi connectivity index (χ1n) is 9.52. The zero-order valence-corrected chi connectivity index (χ0v) is 17.3. The number of esters is 1. The van der Waals surface area contributed by atoms with E-state index in [9.17, 15) is 31.9 Å². The molecule has 1 aromatic carbocycles. The fourth-order valence-corrected chi connectivity index (χ4v) is 5.13. The summed E-state index contributed by atoms with van der Waals surface area (Å²) >= 11 is 0. The van der Waals surface area contributed by atoms with Crippen molar-refractivity contribution in [2.45, 2.75) is 18.5 Å². The van der Waals surface area contributed by atoms with E-state index < -0.39 is 34.2 Å². The molecule has 30 heavy (non-hydrogen) atoms. The molecule has 0 bridgehead atoms. The molecule has 2 heterocycles. The number of likely N-dealkylation sites (tertiary alicyclic amines) is 1. The zero-order chi connectivity index (χ0) is 22.1. The minimum absolute atomic E-state index is 0.106. The average molecular weight is 450 g/mol. The van der Waals surface area contributed by atoms with Crippen LogP contribution in [0.3, 0.4) is 0 Å². The van der Waals surface area contributed by atoms with Gasteiger partial charge in [-0.2, -0.15) is 23.8 Å². The van der Waals surface area contributed by atoms with Crippen LogP contribution in [0.25, 0.3) is 0 Å². The number of methoxy groups -OCH3 is 1. The normalized spacial score (nSPS) is 25.5. The highest BCUT2D eigenvalue weighted by Gasteiger charge is 2.38. The van der Waals surface area contributed by atoms with Gasteiger partial charge in [0.05, 0.1) is 30.1 Å². The number of alkyl halides is 3. The third-order valence-corrected chi connectivity index (χ3v) is 7.28. The van der Waals surface area contributed by atoms with Gasteiger partial charge in [0, 0.05) is 32.1 Å². The molecule has 7 nitrogen and oxygen atoms in total. The van der Waals surface area contributed by atoms with Crippen LogP contribution in [0.5, 0.6) is 0 Å². The lowest BCUT2D eigenvalue weighted by molar-refractivity contribution is -0.147. The van der Waals surface area contributed by atoms with Gasteiger partial charge in [-0.3, -0.25) is 13.9 Å². The van der Waals surface area contributed by atoms with Crippen LogP contribution in [0.2, 0.25) is 0 Å². The molecule has 11 heteroatoms. The maximum absolute atomic E-state index is 13.0. The summed E-state index contributed by atoms with van der Waals surface area (Å²) in [5.74, 6) is -1.17. The molecule has 3 rings (SSSR count). The van der Waals surface area contributed by atoms with E-state index in [1.807, 2.05) is 0 Å². The van der Waals surface area contributed by atoms with E-state index >= 15 is 0 Å². The SMILES string of the molecule is COC(=O)C1CC(c2ccc(C(F)(F)F)cc2)CN(C(=O)N2CCS(O)(O)CC2)C1. The molecule has 2 saturated heterocycles. The second-order valence-corrected chi connectivity index (χ2v) is 10.1. The minimum atomic E-state index is -4.44. The van der Waals surface area contributed by atoms with E-state index in [1.165, 1.54) is 29.0 Å². The molecular weight excluding hydrogens is 425 g/mol. The Balaban J connectivity index is 1.77. The van der Waals surface area contributed by atoms with Crippen LogP contribution in [0.1, 0.15) is 23.5 Å². The highest BCUT2D eigenvalue weighted by molar-refractivity contribution is 8.24. The summed E-state index contributed by atoms with van der Waals surface area (Å²) in [4.78, 5) is 28.2. The second kappa shape index (κ2) is 8.64. The van der Waals surface area contributed by atoms with E-state index in [1.54, 1.807) is 0 Å². The molecule has 0 aliphatic carbocycles. The van der Waals surface area contributed by atoms with Gasteiger partial charge in [-0.25, -0.2) is 4.79 Å². The number of amides is 2. The van der Waals surface area contributed by atoms with Gasteiger partial charge < -0.3 is 14.5 Å². The molecule has 0 aromatic heterocycles. The average Bonchev–Trinajstić information content (AvgIpc) is 2.71. The maximum Gasteiger partial charge on any atom is 0.416 e. The van der Waals surface area contributed by atoms with Crippen LogP contribution >= 0.6 is 10.6 Å². The summed E-state index contributed by atoms with van der Waals surface area (Å²) in [6.45, 7) is 0.802. The Bertz CT molecular complexity index is 777. The van der Waals surface area contributed by atoms with Crippen LogP contribution in [-0.4, -0.2) is 75.7 Å². The number of halogens is 3. The number of carbonyl (C=O) groups is 2. The monoisotopic (exact) mass is 450 g/mol. The molecular formula is C19H25F3N2O5S. The first-order valence-corrected chi connectivity index (χ1v) is 11.4. The predicted octanol–water partition coefficient (Wildman–Crippen LogP) is 3.47. The van der Waals surface area contributed by atoms with Gasteiger partial charge in [-0.15, -0.1) is 0 Å². The van der Waals surface area contributed by atoms with Crippen molar-refractivity contribution in [3.8, 4) is 0 Å². The number of carbonyl (C=O) groups excluding carboxylic acids is 2. The zero-order valence-electron chi connectivity index (χ0n) is 16.5. The van der Waals surface area contributed by atoms with E-state index in [4.69, 9.17) is 4.74 Å². The lowest BCUT2D eigenvalue weighted by Gasteiger charge is -2.44. The summed E-state index contributed by atoms with van der Waals surface area (Å²) in [6, 6.07) is 4.44. The van der Waals surface area contributed by atoms with Crippen LogP contribution in [-0.2, 0) is 15.7 Å². The second-order valence-electron chi connectivity index (χ2n) is 7.66. The van der Waals surface area contributed by atoms with Crippen molar-refractivity contribution in [3.63, 3.8) is 0 Å². The Hall–Kier alpha value is -1.98. The Morgan fingerprint density at radius 2 is 1.67 bits per heavy atom. The highest BCUT2D eigenvalue weighted by Crippen LogP contribution is 2.41. The summed E-state index contributed by atoms with van der Waals surface area (Å²) < 4.78 is 62.9. The van der Waals surface area contributed by atoms with Gasteiger partial charge in [0.2, 0.25) is 0 Å². The number of nitrogens with zero attached hydrogens (tertiary/aromatic N) is 2. The third kappa shape index (κ3) is 5.19. The number of hydrogen-bond acceptors (Lipinski definition) is 5. The molecule has 0 saturated carbocycles. The Morgan fingerprint density at radius 1 is 1.07 bits per heavy atom. The van der Waals surface area contributed by atoms with Gasteiger partial charge in [0.25, 0.3) is 0 Å². The van der Waals surface area contributed by atoms with Gasteiger partial charge in [-0.1, -0.05) is 12.1 Å². The van der Waals surface area contributed by atoms with Gasteiger partial charge in [-0.05, 0) is 24.1 Å². The molecule has 2 atom stereocenters. The van der Waals surface area contributed by atoms with E-state index in [0.717, 1.165) is 12.1 Å². The fraction of sp³-hybridized carbons (Fsp3) is 0.579. The summed E-state index contributed by atoms with van der Waals surface area (Å²) in [7, 11) is -1.40. The number of piperidine rings is 1. The van der Waals surface area contributed by atoms with Crippen molar-refractivity contribution < 1.29 is 36.6 Å². The number of benzene rings is 1. The van der Waals surface area contributed by atoms with Gasteiger partial charge in [0.15, 0.2) is 0 Å². The Kier molecular flexibility index (Phi) is 6.54. The summed E-state index contributed by atoms with van der Waals surface area (Å²) in [6.07, 6.45) is -4.07. The van der Waals surface area contributed by atoms with E-state index in [-0.39, 0.29) is 49.6 Å². The quantitative estimate of drug-likeness (QED) is 0.674. The third-order valence-electron chi connectivity index (χ3n) is 5.61. The molecule has 168 valence electrons. The molecule has 2 amide bonds. The van der Waals surface area contributed by atoms with Crippen LogP contribution in [0, 0.1) is 5.92 Å². The largest absolute Gasteiger partial charge is 0.469 e. The first-order chi connectivity index (χ1) is 14.0. The standard InChI is InChI=1S/C19H25F3N2O5S/c1-29-17(25)15-10-14(13-2-4-16(5-3-13)19(20,21)22)11-24(12-15)18(26)23-6-8-30(27,28)9-7-23/h2-5,14-15,27-28H,6-12H2,1H3. The van der Waals surface area contributed by atoms with Crippen LogP contribution < -0.4 is 0 Å². The summed E-state index contributed by atoms with van der Waals surface area (Å²) in [5.41, 5.74) is -0.144. The summed E-state index contributed by atoms with van der Waals surface area (Å²) in [5, 5.41) is 0. The van der Waals surface area contributed by atoms with E-state index in [0.29, 0.717) is 12.0 Å². The number of rotatable bonds is 2. The Morgan fingerprint density at radius 3 is 2.20 bits per heavy atom. The van der Waals surface area contributed by atoms with Crippen molar-refractivity contribution in [3.05, 3.63) is 35.4 Å². The highest BCUT2D eigenvalue weighted by atomic mass is 32.3. The Labute approximate surface area is 174 Å². The molecule has 2 fully saturated rings. The molecule has 2 N–H and O–H groups in total. The van der Waals surface area contributed by atoms with Crippen molar-refractivity contribution in [1.29, 1.82) is 0 Å². The first kappa shape index (κ1) is 22.7. The van der Waals surface area contributed by atoms with Gasteiger partial charge in [0.1, 0.15) is 0 Å². The lowest BCUT2D eigenvalue weighted by atomic mass is 9.84. The molecule has 2 aliphatic rings. The minimum Gasteiger partial charge on any atom is -0.469 e. The van der Waals surface area contributed by atoms with Crippen molar-refractivity contribution in [1.82, 2.24) is 9.80 Å². The van der Waals surface area contributed by atoms with Gasteiger partial charge >= 0.3 is 18.2 Å². The number of ether oxygens (including phenoxy) is 1. The number of urea groups is 1. The van der Waals surface area contributed by atoms with Crippen molar-refractivity contribution >= 4 is 22.6 Å². The molecule has 1 aromatic rings. The predicted molar refractivity (Wildman–Crippen MR) is 105 cm³/mol. The molecule has 0 radical (unpaired) electrons. The molecule has 2 aliphatic heterocycles. The molecule has 0 spiro atoms. The van der Waals surface area contributed by atoms with Crippen molar-refractivity contribution in [2.75, 3.05) is 44.8 Å². The lowest BCUT2D eigenvalue weighted by Crippen LogP contribution is -2.53. The smallest absolute Gasteiger partial charge is 0.416 e. The van der Waals surface area contributed by atoms with Crippen LogP contribution in [0.15, 0.2) is 24.3 Å². The number of hydrogen-bond donors (Lipinski definition) is 2. The topological polar surface area (TPSA) is 90.3 Å².